The van der Waals surface area contributed by atoms with Crippen molar-refractivity contribution in [2.45, 2.75) is 69.6 Å². The van der Waals surface area contributed by atoms with E-state index in [1.807, 2.05) is 0 Å². The molecule has 0 amide bonds. The van der Waals surface area contributed by atoms with Gasteiger partial charge in [0.15, 0.2) is 0 Å². The van der Waals surface area contributed by atoms with Gasteiger partial charge in [0, 0.05) is 34.0 Å². The first-order chi connectivity index (χ1) is 29.1. The van der Waals surface area contributed by atoms with Crippen molar-refractivity contribution in [3.63, 3.8) is 0 Å². The van der Waals surface area contributed by atoms with Crippen LogP contribution in [0.1, 0.15) is 69.4 Å². The Morgan fingerprint density at radius 3 is 1.67 bits per heavy atom. The molecule has 3 heteroatoms. The van der Waals surface area contributed by atoms with Crippen molar-refractivity contribution >= 4 is 46.1 Å². The normalized spacial score (nSPS) is 18.2. The second kappa shape index (κ2) is 13.3. The van der Waals surface area contributed by atoms with E-state index in [1.54, 1.807) is 0 Å². The predicted molar refractivity (Wildman–Crippen MR) is 255 cm³/mol. The van der Waals surface area contributed by atoms with Crippen LogP contribution in [0.2, 0.25) is 5.82 Å². The Balaban J connectivity index is 1.24. The molecule has 1 aliphatic carbocycles. The molecule has 0 radical (unpaired) electrons. The number of allylic oxidation sites excluding steroid dienone is 2. The highest BCUT2D eigenvalue weighted by atomic mass is 15.2. The molecular weight excluding hydrogens is 723 g/mol. The van der Waals surface area contributed by atoms with Crippen LogP contribution in [0.25, 0.3) is 11.1 Å². The molecule has 4 aliphatic rings. The zero-order chi connectivity index (χ0) is 41.0. The molecule has 7 aromatic carbocycles. The van der Waals surface area contributed by atoms with Crippen LogP contribution >= 0.6 is 0 Å². The molecule has 0 fully saturated rings. The van der Waals surface area contributed by atoms with Crippen molar-refractivity contribution in [2.24, 2.45) is 0 Å². The van der Waals surface area contributed by atoms with Crippen LogP contribution < -0.4 is 20.7 Å². The van der Waals surface area contributed by atoms with E-state index in [-0.39, 0.29) is 29.4 Å². The van der Waals surface area contributed by atoms with Gasteiger partial charge in [-0.2, -0.15) is 0 Å². The highest BCUT2D eigenvalue weighted by Crippen LogP contribution is 2.60. The minimum atomic E-state index is -0.516. The fourth-order valence-corrected chi connectivity index (χ4v) is 11.2. The van der Waals surface area contributed by atoms with Gasteiger partial charge in [-0.1, -0.05) is 199 Å². The summed E-state index contributed by atoms with van der Waals surface area (Å²) in [6.45, 7) is 13.9. The Labute approximate surface area is 356 Å². The molecule has 2 unspecified atom stereocenters. The molecule has 60 heavy (non-hydrogen) atoms. The summed E-state index contributed by atoms with van der Waals surface area (Å²) in [6, 6.07) is 64.7. The van der Waals surface area contributed by atoms with Gasteiger partial charge in [-0.3, -0.25) is 0 Å². The van der Waals surface area contributed by atoms with Gasteiger partial charge in [-0.25, -0.2) is 0 Å². The molecule has 2 nitrogen and oxygen atoms in total. The highest BCUT2D eigenvalue weighted by Gasteiger charge is 2.60. The van der Waals surface area contributed by atoms with Gasteiger partial charge in [0.05, 0.1) is 11.5 Å². The van der Waals surface area contributed by atoms with E-state index in [0.717, 1.165) is 0 Å². The van der Waals surface area contributed by atoms with Crippen molar-refractivity contribution in [3.8, 4) is 11.1 Å². The van der Waals surface area contributed by atoms with Crippen molar-refractivity contribution in [1.82, 2.24) is 0 Å². The number of nitrogens with zero attached hydrogens (tertiary/aromatic N) is 2. The lowest BCUT2D eigenvalue weighted by molar-refractivity contribution is 0.590. The van der Waals surface area contributed by atoms with Gasteiger partial charge < -0.3 is 9.80 Å². The van der Waals surface area contributed by atoms with Crippen LogP contribution in [-0.2, 0) is 16.2 Å². The third-order valence-electron chi connectivity index (χ3n) is 13.9. The molecule has 3 aliphatic heterocycles. The lowest BCUT2D eigenvalue weighted by atomic mass is 9.23. The largest absolute Gasteiger partial charge is 0.334 e. The third-order valence-corrected chi connectivity index (χ3v) is 13.9. The zero-order valence-corrected chi connectivity index (χ0v) is 35.5. The average Bonchev–Trinajstić information content (AvgIpc) is 3.27. The zero-order valence-electron chi connectivity index (χ0n) is 35.5. The smallest absolute Gasteiger partial charge is 0.227 e. The first kappa shape index (κ1) is 36.7. The van der Waals surface area contributed by atoms with E-state index in [2.05, 4.69) is 239 Å². The summed E-state index contributed by atoms with van der Waals surface area (Å²) in [7, 11) is 0. The summed E-state index contributed by atoms with van der Waals surface area (Å²) in [5.74, 6) is 0.152. The van der Waals surface area contributed by atoms with Gasteiger partial charge in [0.1, 0.15) is 0 Å². The number of benzene rings is 7. The van der Waals surface area contributed by atoms with Crippen molar-refractivity contribution in [2.75, 3.05) is 9.80 Å². The second-order valence-corrected chi connectivity index (χ2v) is 19.3. The molecule has 0 saturated heterocycles. The molecule has 2 atom stereocenters. The fraction of sp³-hybridized carbons (Fsp3) is 0.193. The monoisotopic (exact) mass is 774 g/mol. The highest BCUT2D eigenvalue weighted by molar-refractivity contribution is 6.92. The second-order valence-electron chi connectivity index (χ2n) is 19.3. The van der Waals surface area contributed by atoms with Gasteiger partial charge in [0.25, 0.3) is 0 Å². The minimum Gasteiger partial charge on any atom is -0.334 e. The van der Waals surface area contributed by atoms with E-state index in [4.69, 9.17) is 0 Å². The maximum atomic E-state index is 2.71. The summed E-state index contributed by atoms with van der Waals surface area (Å²) < 4.78 is 0. The number of anilines is 5. The quantitative estimate of drug-likeness (QED) is 0.161. The molecule has 7 aromatic rings. The Morgan fingerprint density at radius 1 is 0.500 bits per heavy atom. The molecule has 0 N–H and O–H groups in total. The van der Waals surface area contributed by atoms with Gasteiger partial charge in [-0.05, 0) is 97.4 Å². The van der Waals surface area contributed by atoms with Crippen molar-refractivity contribution in [1.29, 1.82) is 0 Å². The first-order valence-corrected chi connectivity index (χ1v) is 21.7. The number of para-hydroxylation sites is 1. The van der Waals surface area contributed by atoms with Crippen LogP contribution in [-0.4, -0.2) is 12.8 Å². The van der Waals surface area contributed by atoms with Crippen LogP contribution in [0.4, 0.5) is 28.4 Å². The Kier molecular flexibility index (Phi) is 8.17. The number of rotatable bonds is 5. The summed E-state index contributed by atoms with van der Waals surface area (Å²) in [5.41, 5.74) is 19.3. The molecule has 292 valence electrons. The molecular formula is C57H51BN2. The molecule has 0 aromatic heterocycles. The van der Waals surface area contributed by atoms with Crippen molar-refractivity contribution in [3.05, 3.63) is 221 Å². The van der Waals surface area contributed by atoms with Crippen LogP contribution in [0.5, 0.6) is 0 Å². The van der Waals surface area contributed by atoms with E-state index in [9.17, 15) is 0 Å². The third kappa shape index (κ3) is 5.27. The molecule has 0 bridgehead atoms. The molecule has 0 saturated carbocycles. The van der Waals surface area contributed by atoms with E-state index in [0.29, 0.717) is 0 Å². The standard InChI is InChI=1S/C57H51BN2/c1-55(2,3)39-32-30-38(31-33-39)44-22-13-14-25-47(44)60-49-27-16-24-46-53(49)58-52-45(57(46,41-18-9-7-10-19-41)42-20-11-8-12-21-42)23-15-26-48(52)59(50-28-17-29-51(60)54(50)58)43-36-34-40(35-37-43)56(4,5)6/h7-37,49,53H,1-6H3. The number of hydrogen-bond acceptors (Lipinski definition) is 2. The lowest BCUT2D eigenvalue weighted by Crippen LogP contribution is -2.68. The fourth-order valence-electron chi connectivity index (χ4n) is 11.2. The van der Waals surface area contributed by atoms with E-state index in [1.165, 1.54) is 83.9 Å². The minimum absolute atomic E-state index is 0.0571. The summed E-state index contributed by atoms with van der Waals surface area (Å²) in [6.07, 6.45) is 7.34. The lowest BCUT2D eigenvalue weighted by Gasteiger charge is -2.58. The van der Waals surface area contributed by atoms with Gasteiger partial charge in [-0.15, -0.1) is 0 Å². The Morgan fingerprint density at radius 2 is 1.03 bits per heavy atom. The predicted octanol–water partition coefficient (Wildman–Crippen LogP) is 13.1. The topological polar surface area (TPSA) is 6.48 Å². The molecule has 3 heterocycles. The van der Waals surface area contributed by atoms with Crippen LogP contribution in [0.3, 0.4) is 0 Å². The molecule has 0 spiro atoms. The molecule has 11 rings (SSSR count). The summed E-state index contributed by atoms with van der Waals surface area (Å²) in [5, 5.41) is 0. The average molecular weight is 775 g/mol. The maximum absolute atomic E-state index is 2.71. The summed E-state index contributed by atoms with van der Waals surface area (Å²) >= 11 is 0. The van der Waals surface area contributed by atoms with Gasteiger partial charge in [0.2, 0.25) is 6.71 Å². The van der Waals surface area contributed by atoms with Crippen LogP contribution in [0, 0.1) is 0 Å². The van der Waals surface area contributed by atoms with Gasteiger partial charge >= 0.3 is 0 Å². The maximum Gasteiger partial charge on any atom is 0.227 e. The first-order valence-electron chi connectivity index (χ1n) is 21.7. The summed E-state index contributed by atoms with van der Waals surface area (Å²) in [4.78, 5) is 5.28. The Bertz CT molecular complexity index is 2800. The van der Waals surface area contributed by atoms with Crippen LogP contribution in [0.15, 0.2) is 194 Å². The van der Waals surface area contributed by atoms with E-state index >= 15 is 0 Å². The SMILES string of the molecule is CC(C)(C)c1ccc(-c2ccccc2N2c3cccc4c3B3c5c(cccc5C(c5ccccc5)(c5ccccc5)C5=CC=CC2C35)N4c2ccc(C(C)(C)C)cc2)cc1. The Hall–Kier alpha value is -6.32. The number of hydrogen-bond donors (Lipinski definition) is 0. The van der Waals surface area contributed by atoms with E-state index < -0.39 is 5.41 Å². The van der Waals surface area contributed by atoms with Crippen molar-refractivity contribution < 1.29 is 0 Å².